The minimum Gasteiger partial charge on any atom is -0.340 e. The molecule has 1 fully saturated rings. The molecule has 4 heteroatoms. The first-order valence-corrected chi connectivity index (χ1v) is 5.28. The van der Waals surface area contributed by atoms with Crippen molar-refractivity contribution in [3.05, 3.63) is 0 Å². The molecule has 1 aliphatic heterocycles. The zero-order chi connectivity index (χ0) is 10.6. The van der Waals surface area contributed by atoms with Gasteiger partial charge in [0.05, 0.1) is 6.04 Å². The maximum absolute atomic E-state index is 11.8. The van der Waals surface area contributed by atoms with Crippen molar-refractivity contribution in [1.29, 1.82) is 0 Å². The molecule has 1 rings (SSSR count). The third-order valence-corrected chi connectivity index (χ3v) is 2.55. The third-order valence-electron chi connectivity index (χ3n) is 2.55. The number of amides is 1. The first kappa shape index (κ1) is 11.5. The zero-order valence-corrected chi connectivity index (χ0v) is 9.42. The number of carbonyl (C=O) groups is 1. The second-order valence-corrected chi connectivity index (χ2v) is 4.16. The van der Waals surface area contributed by atoms with Crippen molar-refractivity contribution in [3.8, 4) is 0 Å². The normalized spacial score (nSPS) is 24.1. The van der Waals surface area contributed by atoms with E-state index in [1.807, 2.05) is 25.9 Å². The molecule has 0 aromatic heterocycles. The lowest BCUT2D eigenvalue weighted by atomic mass is 10.3. The summed E-state index contributed by atoms with van der Waals surface area (Å²) in [4.78, 5) is 15.9. The van der Waals surface area contributed by atoms with E-state index in [-0.39, 0.29) is 11.9 Å². The highest BCUT2D eigenvalue weighted by Crippen LogP contribution is 2.01. The van der Waals surface area contributed by atoms with Gasteiger partial charge in [-0.05, 0) is 34.0 Å². The highest BCUT2D eigenvalue weighted by Gasteiger charge is 2.22. The molecule has 0 spiro atoms. The number of nitrogens with zero attached hydrogens (tertiary/aromatic N) is 2. The quantitative estimate of drug-likeness (QED) is 0.681. The molecule has 0 aliphatic carbocycles. The van der Waals surface area contributed by atoms with Crippen molar-refractivity contribution in [2.45, 2.75) is 19.4 Å². The maximum atomic E-state index is 11.8. The van der Waals surface area contributed by atoms with Crippen LogP contribution in [0, 0.1) is 0 Å². The van der Waals surface area contributed by atoms with Gasteiger partial charge in [0, 0.05) is 19.6 Å². The van der Waals surface area contributed by atoms with Crippen LogP contribution in [0.25, 0.3) is 0 Å². The number of carbonyl (C=O) groups excluding carboxylic acids is 1. The van der Waals surface area contributed by atoms with E-state index < -0.39 is 0 Å². The van der Waals surface area contributed by atoms with Gasteiger partial charge < -0.3 is 15.1 Å². The lowest BCUT2D eigenvalue weighted by molar-refractivity contribution is -0.132. The Kier molecular flexibility index (Phi) is 4.35. The Bertz CT molecular complexity index is 194. The highest BCUT2D eigenvalue weighted by molar-refractivity contribution is 5.81. The van der Waals surface area contributed by atoms with Crippen LogP contribution in [0.3, 0.4) is 0 Å². The van der Waals surface area contributed by atoms with Crippen LogP contribution in [0.1, 0.15) is 13.3 Å². The molecule has 0 radical (unpaired) electrons. The van der Waals surface area contributed by atoms with E-state index in [0.717, 1.165) is 32.6 Å². The molecule has 0 aromatic rings. The van der Waals surface area contributed by atoms with Gasteiger partial charge >= 0.3 is 0 Å². The van der Waals surface area contributed by atoms with Gasteiger partial charge in [-0.25, -0.2) is 0 Å². The fourth-order valence-electron chi connectivity index (χ4n) is 1.60. The van der Waals surface area contributed by atoms with Crippen LogP contribution in [0.5, 0.6) is 0 Å². The third kappa shape index (κ3) is 3.27. The average Bonchev–Trinajstić information content (AvgIpc) is 2.28. The van der Waals surface area contributed by atoms with Crippen molar-refractivity contribution in [2.24, 2.45) is 0 Å². The molecule has 1 aliphatic rings. The first-order valence-electron chi connectivity index (χ1n) is 5.28. The fraction of sp³-hybridized carbons (Fsp3) is 0.900. The zero-order valence-electron chi connectivity index (χ0n) is 9.42. The van der Waals surface area contributed by atoms with Gasteiger partial charge in [0.25, 0.3) is 0 Å². The van der Waals surface area contributed by atoms with E-state index >= 15 is 0 Å². The number of nitrogens with one attached hydrogen (secondary N) is 1. The standard InChI is InChI=1S/C10H21N3O/c1-9-10(14)13(6-4-5-11-9)8-7-12(2)3/h9,11H,4-8H2,1-3H3. The van der Waals surface area contributed by atoms with Gasteiger partial charge in [-0.1, -0.05) is 0 Å². The van der Waals surface area contributed by atoms with Gasteiger partial charge in [-0.3, -0.25) is 4.79 Å². The van der Waals surface area contributed by atoms with E-state index in [9.17, 15) is 4.79 Å². The van der Waals surface area contributed by atoms with Crippen LogP contribution in [-0.2, 0) is 4.79 Å². The molecule has 82 valence electrons. The van der Waals surface area contributed by atoms with Crippen molar-refractivity contribution in [3.63, 3.8) is 0 Å². The Labute approximate surface area is 86.2 Å². The van der Waals surface area contributed by atoms with E-state index in [1.165, 1.54) is 0 Å². The van der Waals surface area contributed by atoms with Crippen molar-refractivity contribution in [1.82, 2.24) is 15.1 Å². The molecular formula is C10H21N3O. The summed E-state index contributed by atoms with van der Waals surface area (Å²) in [5.41, 5.74) is 0. The lowest BCUT2D eigenvalue weighted by Gasteiger charge is -2.24. The van der Waals surface area contributed by atoms with Crippen LogP contribution in [0.4, 0.5) is 0 Å². The van der Waals surface area contributed by atoms with Crippen LogP contribution in [0.2, 0.25) is 0 Å². The lowest BCUT2D eigenvalue weighted by Crippen LogP contribution is -2.43. The van der Waals surface area contributed by atoms with Crippen LogP contribution >= 0.6 is 0 Å². The summed E-state index contributed by atoms with van der Waals surface area (Å²) in [6, 6.07) is -0.0142. The maximum Gasteiger partial charge on any atom is 0.239 e. The van der Waals surface area contributed by atoms with Crippen molar-refractivity contribution in [2.75, 3.05) is 40.3 Å². The minimum atomic E-state index is -0.0142. The summed E-state index contributed by atoms with van der Waals surface area (Å²) >= 11 is 0. The van der Waals surface area contributed by atoms with Crippen molar-refractivity contribution >= 4 is 5.91 Å². The Morgan fingerprint density at radius 2 is 2.29 bits per heavy atom. The van der Waals surface area contributed by atoms with E-state index in [0.29, 0.717) is 0 Å². The van der Waals surface area contributed by atoms with Gasteiger partial charge in [-0.15, -0.1) is 0 Å². The van der Waals surface area contributed by atoms with Crippen LogP contribution in [-0.4, -0.2) is 62.0 Å². The molecule has 0 saturated carbocycles. The SMILES string of the molecule is CC1NCCCN(CCN(C)C)C1=O. The smallest absolute Gasteiger partial charge is 0.239 e. The highest BCUT2D eigenvalue weighted by atomic mass is 16.2. The predicted octanol–water partition coefficient (Wildman–Crippen LogP) is -0.242. The topological polar surface area (TPSA) is 35.6 Å². The van der Waals surface area contributed by atoms with Crippen LogP contribution in [0.15, 0.2) is 0 Å². The van der Waals surface area contributed by atoms with Gasteiger partial charge in [0.1, 0.15) is 0 Å². The minimum absolute atomic E-state index is 0.0142. The average molecular weight is 199 g/mol. The summed E-state index contributed by atoms with van der Waals surface area (Å²) in [5.74, 6) is 0.240. The molecule has 1 atom stereocenters. The van der Waals surface area contributed by atoms with E-state index in [4.69, 9.17) is 0 Å². The Morgan fingerprint density at radius 3 is 2.93 bits per heavy atom. The molecule has 4 nitrogen and oxygen atoms in total. The van der Waals surface area contributed by atoms with Crippen LogP contribution < -0.4 is 5.32 Å². The number of rotatable bonds is 3. The molecule has 1 amide bonds. The second kappa shape index (κ2) is 5.32. The number of hydrogen-bond acceptors (Lipinski definition) is 3. The summed E-state index contributed by atoms with van der Waals surface area (Å²) in [7, 11) is 4.06. The Morgan fingerprint density at radius 1 is 1.57 bits per heavy atom. The molecular weight excluding hydrogens is 178 g/mol. The largest absolute Gasteiger partial charge is 0.340 e. The Balaban J connectivity index is 2.44. The molecule has 1 heterocycles. The summed E-state index contributed by atoms with van der Waals surface area (Å²) in [5, 5.41) is 3.21. The van der Waals surface area contributed by atoms with Gasteiger partial charge in [0.15, 0.2) is 0 Å². The Hall–Kier alpha value is -0.610. The molecule has 0 bridgehead atoms. The molecule has 0 aromatic carbocycles. The fourth-order valence-corrected chi connectivity index (χ4v) is 1.60. The monoisotopic (exact) mass is 199 g/mol. The predicted molar refractivity (Wildman–Crippen MR) is 57.2 cm³/mol. The van der Waals surface area contributed by atoms with Gasteiger partial charge in [0.2, 0.25) is 5.91 Å². The summed E-state index contributed by atoms with van der Waals surface area (Å²) in [6.07, 6.45) is 1.06. The van der Waals surface area contributed by atoms with Crippen molar-refractivity contribution < 1.29 is 4.79 Å². The first-order chi connectivity index (χ1) is 6.61. The van der Waals surface area contributed by atoms with Gasteiger partial charge in [-0.2, -0.15) is 0 Å². The molecule has 14 heavy (non-hydrogen) atoms. The molecule has 1 unspecified atom stereocenters. The second-order valence-electron chi connectivity index (χ2n) is 4.16. The summed E-state index contributed by atoms with van der Waals surface area (Å²) < 4.78 is 0. The number of likely N-dealkylation sites (N-methyl/N-ethyl adjacent to an activating group) is 1. The molecule has 1 N–H and O–H groups in total. The van der Waals surface area contributed by atoms with E-state index in [2.05, 4.69) is 10.2 Å². The number of hydrogen-bond donors (Lipinski definition) is 1. The summed E-state index contributed by atoms with van der Waals surface area (Å²) in [6.45, 7) is 5.57. The van der Waals surface area contributed by atoms with E-state index in [1.54, 1.807) is 0 Å². The molecule has 1 saturated heterocycles.